The molecule has 0 fully saturated rings. The van der Waals surface area contributed by atoms with E-state index >= 15 is 0 Å². The molecule has 14 heavy (non-hydrogen) atoms. The highest BCUT2D eigenvalue weighted by Gasteiger charge is 2.19. The van der Waals surface area contributed by atoms with E-state index in [0.717, 1.165) is 29.9 Å². The van der Waals surface area contributed by atoms with Crippen molar-refractivity contribution in [3.63, 3.8) is 0 Å². The molecule has 0 aliphatic rings. The van der Waals surface area contributed by atoms with Gasteiger partial charge < -0.3 is 0 Å². The molecule has 0 rings (SSSR count). The molecule has 0 amide bonds. The van der Waals surface area contributed by atoms with Crippen molar-refractivity contribution in [1.82, 2.24) is 0 Å². The second-order valence-electron chi connectivity index (χ2n) is 2.37. The topological polar surface area (TPSA) is 17.1 Å². The van der Waals surface area contributed by atoms with Crippen molar-refractivity contribution in [2.75, 3.05) is 5.75 Å². The maximum Gasteiger partial charge on any atom is 0.247 e. The van der Waals surface area contributed by atoms with Crippen molar-refractivity contribution in [3.8, 4) is 0 Å². The first-order valence-corrected chi connectivity index (χ1v) is 7.48. The zero-order valence-electron chi connectivity index (χ0n) is 7.38. The molecule has 0 spiro atoms. The molecule has 2 atom stereocenters. The smallest absolute Gasteiger partial charge is 0.247 e. The van der Waals surface area contributed by atoms with E-state index in [4.69, 9.17) is 46.4 Å². The summed E-state index contributed by atoms with van der Waals surface area (Å²) < 4.78 is -0.705. The molecule has 0 heterocycles. The van der Waals surface area contributed by atoms with Crippen molar-refractivity contribution < 1.29 is 4.79 Å². The average molecular weight is 316 g/mol. The van der Waals surface area contributed by atoms with Crippen molar-refractivity contribution in [1.29, 1.82) is 0 Å². The normalized spacial score (nSPS) is 15.6. The van der Waals surface area contributed by atoms with E-state index in [9.17, 15) is 4.79 Å². The summed E-state index contributed by atoms with van der Waals surface area (Å²) in [7, 11) is 0. The summed E-state index contributed by atoms with van der Waals surface area (Å²) in [6.07, 6.45) is 0.838. The van der Waals surface area contributed by atoms with Crippen LogP contribution in [0.3, 0.4) is 0 Å². The largest absolute Gasteiger partial charge is 0.274 e. The van der Waals surface area contributed by atoms with Crippen LogP contribution in [0.25, 0.3) is 0 Å². The van der Waals surface area contributed by atoms with E-state index in [1.54, 1.807) is 0 Å². The highest BCUT2D eigenvalue weighted by molar-refractivity contribution is 8.39. The van der Waals surface area contributed by atoms with Gasteiger partial charge in [0.1, 0.15) is 9.55 Å². The van der Waals surface area contributed by atoms with Crippen molar-refractivity contribution in [2.45, 2.75) is 28.3 Å². The number of alkyl halides is 4. The third-order valence-electron chi connectivity index (χ3n) is 1.23. The fourth-order valence-corrected chi connectivity index (χ4v) is 2.98. The van der Waals surface area contributed by atoms with E-state index in [-0.39, 0.29) is 9.82 Å². The molecule has 0 aliphatic carbocycles. The molecule has 0 saturated carbocycles. The minimum Gasteiger partial charge on any atom is -0.274 e. The van der Waals surface area contributed by atoms with Gasteiger partial charge in [0.25, 0.3) is 0 Å². The van der Waals surface area contributed by atoms with Gasteiger partial charge in [0.15, 0.2) is 0 Å². The molecule has 0 bridgehead atoms. The van der Waals surface area contributed by atoms with E-state index < -0.39 is 9.55 Å². The van der Waals surface area contributed by atoms with Crippen LogP contribution in [0, 0.1) is 0 Å². The molecule has 0 unspecified atom stereocenters. The Bertz CT molecular complexity index is 179. The summed E-state index contributed by atoms with van der Waals surface area (Å²) in [4.78, 5) is 10.5. The number of rotatable bonds is 5. The summed E-state index contributed by atoms with van der Waals surface area (Å²) >= 11 is 24.6. The predicted molar refractivity (Wildman–Crippen MR) is 70.5 cm³/mol. The first-order chi connectivity index (χ1) is 6.47. The Hall–Kier alpha value is 1.53. The van der Waals surface area contributed by atoms with Gasteiger partial charge in [-0.25, -0.2) is 0 Å². The molecule has 84 valence electrons. The van der Waals surface area contributed by atoms with Gasteiger partial charge >= 0.3 is 0 Å². The molecule has 1 nitrogen and oxygen atoms in total. The minimum atomic E-state index is -0.746. The number of hydrogen-bond acceptors (Lipinski definition) is 3. The average Bonchev–Trinajstić information content (AvgIpc) is 2.13. The lowest BCUT2D eigenvalue weighted by atomic mass is 10.4. The maximum atomic E-state index is 11.2. The van der Waals surface area contributed by atoms with Crippen LogP contribution in [0.15, 0.2) is 0 Å². The summed E-state index contributed by atoms with van der Waals surface area (Å²) in [6.45, 7) is 1.97. The predicted octanol–water partition coefficient (Wildman–Crippen LogP) is 4.96. The molecule has 0 aromatic heterocycles. The van der Waals surface area contributed by atoms with Gasteiger partial charge in [-0.3, -0.25) is 4.79 Å². The summed E-state index contributed by atoms with van der Waals surface area (Å²) in [6, 6.07) is 0. The van der Waals surface area contributed by atoms with Crippen LogP contribution in [-0.2, 0) is 0 Å². The van der Waals surface area contributed by atoms with Gasteiger partial charge in [-0.2, -0.15) is 0 Å². The molecule has 7 heteroatoms. The number of carbonyl (C=O) groups excluding carboxylic acids is 1. The summed E-state index contributed by atoms with van der Waals surface area (Å²) in [5.74, 6) is 0.586. The van der Waals surface area contributed by atoms with Gasteiger partial charge in [0.05, 0.1) is 0 Å². The standard InChI is InChI=1S/C7H10Cl4OS2/c1-2-4(8)3-13-7(12)14-6(11)5(9)10/h4-6H,2-3H2,1H3/t4-,6-/m0/s1. The second kappa shape index (κ2) is 8.66. The van der Waals surface area contributed by atoms with Gasteiger partial charge in [-0.05, 0) is 6.42 Å². The maximum absolute atomic E-state index is 11.2. The van der Waals surface area contributed by atoms with Crippen LogP contribution in [0.2, 0.25) is 0 Å². The van der Waals surface area contributed by atoms with Crippen LogP contribution in [-0.4, -0.2) is 25.1 Å². The Balaban J connectivity index is 3.65. The first-order valence-electron chi connectivity index (χ1n) is 3.87. The lowest BCUT2D eigenvalue weighted by molar-refractivity contribution is 0.276. The summed E-state index contributed by atoms with van der Waals surface area (Å²) in [5.41, 5.74) is 0. The minimum absolute atomic E-state index is 0.0149. The van der Waals surface area contributed by atoms with Gasteiger partial charge in [-0.15, -0.1) is 46.4 Å². The van der Waals surface area contributed by atoms with Gasteiger partial charge in [0, 0.05) is 11.1 Å². The molecular weight excluding hydrogens is 306 g/mol. The van der Waals surface area contributed by atoms with Gasteiger partial charge in [0.2, 0.25) is 4.45 Å². The molecular formula is C7H10Cl4OS2. The van der Waals surface area contributed by atoms with Crippen LogP contribution in [0.5, 0.6) is 0 Å². The van der Waals surface area contributed by atoms with Crippen LogP contribution in [0.4, 0.5) is 4.79 Å². The Morgan fingerprint density at radius 1 is 1.29 bits per heavy atom. The molecule has 0 aromatic carbocycles. The third kappa shape index (κ3) is 7.77. The molecule has 0 aliphatic heterocycles. The SMILES string of the molecule is CC[C@H](Cl)CSC(=O)S[C@H](Cl)C(Cl)Cl. The zero-order valence-corrected chi connectivity index (χ0v) is 12.0. The highest BCUT2D eigenvalue weighted by Crippen LogP contribution is 2.31. The number of hydrogen-bond donors (Lipinski definition) is 0. The molecule has 0 radical (unpaired) electrons. The number of halogens is 4. The van der Waals surface area contributed by atoms with E-state index in [0.29, 0.717) is 5.75 Å². The first kappa shape index (κ1) is 15.5. The van der Waals surface area contributed by atoms with Crippen LogP contribution in [0.1, 0.15) is 13.3 Å². The Labute approximate surface area is 113 Å². The van der Waals surface area contributed by atoms with Gasteiger partial charge in [-0.1, -0.05) is 30.4 Å². The quantitative estimate of drug-likeness (QED) is 0.667. The zero-order chi connectivity index (χ0) is 11.1. The van der Waals surface area contributed by atoms with Crippen molar-refractivity contribution in [2.24, 2.45) is 0 Å². The lowest BCUT2D eigenvalue weighted by Crippen LogP contribution is -2.07. The van der Waals surface area contributed by atoms with Crippen molar-refractivity contribution >= 4 is 74.4 Å². The summed E-state index contributed by atoms with van der Waals surface area (Å²) in [5, 5.41) is 0.0149. The van der Waals surface area contributed by atoms with E-state index in [1.165, 1.54) is 0 Å². The van der Waals surface area contributed by atoms with Crippen LogP contribution < -0.4 is 0 Å². The third-order valence-corrected chi connectivity index (χ3v) is 5.59. The van der Waals surface area contributed by atoms with Crippen molar-refractivity contribution in [3.05, 3.63) is 0 Å². The van der Waals surface area contributed by atoms with E-state index in [1.807, 2.05) is 6.92 Å². The number of carbonyl (C=O) groups is 1. The Kier molecular flexibility index (Phi) is 9.60. The molecule has 0 N–H and O–H groups in total. The highest BCUT2D eigenvalue weighted by atomic mass is 35.5. The number of thioether (sulfide) groups is 2. The van der Waals surface area contributed by atoms with Crippen LogP contribution >= 0.6 is 69.9 Å². The second-order valence-corrected chi connectivity index (χ2v) is 7.25. The molecule has 0 aromatic rings. The Morgan fingerprint density at radius 2 is 1.86 bits per heavy atom. The Morgan fingerprint density at radius 3 is 2.29 bits per heavy atom. The van der Waals surface area contributed by atoms with E-state index in [2.05, 4.69) is 0 Å². The lowest BCUT2D eigenvalue weighted by Gasteiger charge is -2.08. The fourth-order valence-electron chi connectivity index (χ4n) is 0.454. The fraction of sp³-hybridized carbons (Fsp3) is 0.857. The monoisotopic (exact) mass is 314 g/mol. The molecule has 0 saturated heterocycles.